The molecule has 0 amide bonds. The maximum absolute atomic E-state index is 5.37. The standard InChI is InChI=1S/C12H20N4OS/c1-3-16(4-2-13-1)12-14-9-11(18-12)10-15-5-7-17-8-6-15/h9,13H,1-8,10H2. The van der Waals surface area contributed by atoms with Gasteiger partial charge < -0.3 is 15.0 Å². The fraction of sp³-hybridized carbons (Fsp3) is 0.750. The lowest BCUT2D eigenvalue weighted by atomic mass is 10.4. The number of hydrogen-bond acceptors (Lipinski definition) is 6. The van der Waals surface area contributed by atoms with Crippen molar-refractivity contribution in [1.29, 1.82) is 0 Å². The van der Waals surface area contributed by atoms with Crippen LogP contribution < -0.4 is 10.2 Å². The first-order valence-corrected chi connectivity index (χ1v) is 7.44. The lowest BCUT2D eigenvalue weighted by Crippen LogP contribution is -2.43. The summed E-state index contributed by atoms with van der Waals surface area (Å²) < 4.78 is 5.37. The number of nitrogens with zero attached hydrogens (tertiary/aromatic N) is 3. The minimum atomic E-state index is 0.865. The zero-order valence-corrected chi connectivity index (χ0v) is 11.4. The Morgan fingerprint density at radius 3 is 2.78 bits per heavy atom. The molecule has 18 heavy (non-hydrogen) atoms. The molecular weight excluding hydrogens is 248 g/mol. The van der Waals surface area contributed by atoms with Crippen LogP contribution >= 0.6 is 11.3 Å². The fourth-order valence-corrected chi connectivity index (χ4v) is 3.36. The summed E-state index contributed by atoms with van der Waals surface area (Å²) in [4.78, 5) is 10.8. The van der Waals surface area contributed by atoms with Crippen LogP contribution in [0.2, 0.25) is 0 Å². The van der Waals surface area contributed by atoms with Gasteiger partial charge in [-0.3, -0.25) is 4.90 Å². The van der Waals surface area contributed by atoms with E-state index in [1.54, 1.807) is 0 Å². The molecular formula is C12H20N4OS. The molecule has 3 rings (SSSR count). The molecule has 2 saturated heterocycles. The normalized spacial score (nSPS) is 22.3. The zero-order chi connectivity index (χ0) is 12.2. The summed E-state index contributed by atoms with van der Waals surface area (Å²) in [6.07, 6.45) is 2.04. The van der Waals surface area contributed by atoms with Crippen LogP contribution in [0.5, 0.6) is 0 Å². The third-order valence-corrected chi connectivity index (χ3v) is 4.45. The number of piperazine rings is 1. The highest BCUT2D eigenvalue weighted by atomic mass is 32.1. The smallest absolute Gasteiger partial charge is 0.185 e. The molecule has 0 unspecified atom stereocenters. The van der Waals surface area contributed by atoms with Gasteiger partial charge in [-0.1, -0.05) is 0 Å². The Hall–Kier alpha value is -0.690. The number of thiazole rings is 1. The zero-order valence-electron chi connectivity index (χ0n) is 10.6. The van der Waals surface area contributed by atoms with E-state index in [2.05, 4.69) is 20.1 Å². The van der Waals surface area contributed by atoms with E-state index < -0.39 is 0 Å². The first kappa shape index (κ1) is 12.3. The minimum absolute atomic E-state index is 0.865. The Labute approximate surface area is 112 Å². The van der Waals surface area contributed by atoms with Gasteiger partial charge in [-0.2, -0.15) is 0 Å². The third-order valence-electron chi connectivity index (χ3n) is 3.41. The van der Waals surface area contributed by atoms with Crippen LogP contribution in [0.15, 0.2) is 6.20 Å². The van der Waals surface area contributed by atoms with Gasteiger partial charge in [0.2, 0.25) is 0 Å². The Morgan fingerprint density at radius 2 is 2.00 bits per heavy atom. The molecule has 1 N–H and O–H groups in total. The Bertz CT molecular complexity index is 372. The summed E-state index contributed by atoms with van der Waals surface area (Å²) in [5.41, 5.74) is 0. The average molecular weight is 268 g/mol. The van der Waals surface area contributed by atoms with Crippen LogP contribution in [0.4, 0.5) is 5.13 Å². The van der Waals surface area contributed by atoms with E-state index in [9.17, 15) is 0 Å². The van der Waals surface area contributed by atoms with Gasteiger partial charge in [0, 0.05) is 56.9 Å². The van der Waals surface area contributed by atoms with Crippen molar-refractivity contribution in [2.24, 2.45) is 0 Å². The number of nitrogens with one attached hydrogen (secondary N) is 1. The molecule has 0 aliphatic carbocycles. The first-order valence-electron chi connectivity index (χ1n) is 6.62. The van der Waals surface area contributed by atoms with Crippen LogP contribution in [0.1, 0.15) is 4.88 Å². The van der Waals surface area contributed by atoms with E-state index in [0.717, 1.165) is 59.0 Å². The quantitative estimate of drug-likeness (QED) is 0.858. The van der Waals surface area contributed by atoms with Gasteiger partial charge in [-0.05, 0) is 0 Å². The van der Waals surface area contributed by atoms with Gasteiger partial charge in [0.05, 0.1) is 13.2 Å². The fourth-order valence-electron chi connectivity index (χ4n) is 2.35. The predicted molar refractivity (Wildman–Crippen MR) is 73.3 cm³/mol. The van der Waals surface area contributed by atoms with E-state index in [1.165, 1.54) is 10.0 Å². The molecule has 0 aromatic carbocycles. The predicted octanol–water partition coefficient (Wildman–Crippen LogP) is 0.385. The topological polar surface area (TPSA) is 40.6 Å². The van der Waals surface area contributed by atoms with Gasteiger partial charge in [0.1, 0.15) is 0 Å². The maximum Gasteiger partial charge on any atom is 0.185 e. The molecule has 5 nitrogen and oxygen atoms in total. The number of rotatable bonds is 3. The molecule has 2 fully saturated rings. The van der Waals surface area contributed by atoms with E-state index in [-0.39, 0.29) is 0 Å². The molecule has 0 saturated carbocycles. The van der Waals surface area contributed by atoms with Crippen molar-refractivity contribution in [2.45, 2.75) is 6.54 Å². The van der Waals surface area contributed by atoms with Crippen molar-refractivity contribution in [3.05, 3.63) is 11.1 Å². The highest BCUT2D eigenvalue weighted by Gasteiger charge is 2.16. The average Bonchev–Trinajstić information content (AvgIpc) is 2.89. The summed E-state index contributed by atoms with van der Waals surface area (Å²) in [5, 5.41) is 4.55. The molecule has 0 bridgehead atoms. The van der Waals surface area contributed by atoms with Gasteiger partial charge in [0.25, 0.3) is 0 Å². The van der Waals surface area contributed by atoms with Gasteiger partial charge in [-0.25, -0.2) is 4.98 Å². The summed E-state index contributed by atoms with van der Waals surface area (Å²) in [6.45, 7) is 9.12. The van der Waals surface area contributed by atoms with Crippen molar-refractivity contribution in [2.75, 3.05) is 57.4 Å². The van der Waals surface area contributed by atoms with E-state index in [1.807, 2.05) is 17.5 Å². The number of aromatic nitrogens is 1. The molecule has 1 aromatic heterocycles. The number of morpholine rings is 1. The molecule has 2 aliphatic heterocycles. The Morgan fingerprint density at radius 1 is 1.22 bits per heavy atom. The molecule has 0 radical (unpaired) electrons. The molecule has 0 spiro atoms. The van der Waals surface area contributed by atoms with Gasteiger partial charge in [-0.15, -0.1) is 11.3 Å². The second-order valence-corrected chi connectivity index (χ2v) is 5.83. The SMILES string of the molecule is c1nc(N2CCNCC2)sc1CN1CCOCC1. The summed E-state index contributed by atoms with van der Waals surface area (Å²) in [7, 11) is 0. The number of anilines is 1. The van der Waals surface area contributed by atoms with Gasteiger partial charge in [0.15, 0.2) is 5.13 Å². The van der Waals surface area contributed by atoms with Crippen LogP contribution in [-0.4, -0.2) is 62.4 Å². The van der Waals surface area contributed by atoms with Crippen molar-refractivity contribution in [3.8, 4) is 0 Å². The Kier molecular flexibility index (Phi) is 4.09. The lowest BCUT2D eigenvalue weighted by Gasteiger charge is -2.27. The third kappa shape index (κ3) is 3.00. The monoisotopic (exact) mass is 268 g/mol. The largest absolute Gasteiger partial charge is 0.379 e. The minimum Gasteiger partial charge on any atom is -0.379 e. The van der Waals surface area contributed by atoms with Crippen molar-refractivity contribution < 1.29 is 4.74 Å². The Balaban J connectivity index is 1.58. The van der Waals surface area contributed by atoms with E-state index in [4.69, 9.17) is 4.74 Å². The molecule has 100 valence electrons. The molecule has 6 heteroatoms. The van der Waals surface area contributed by atoms with Crippen LogP contribution in [0.3, 0.4) is 0 Å². The molecule has 3 heterocycles. The first-order chi connectivity index (χ1) is 8.92. The van der Waals surface area contributed by atoms with Crippen molar-refractivity contribution in [3.63, 3.8) is 0 Å². The summed E-state index contributed by atoms with van der Waals surface area (Å²) in [5.74, 6) is 0. The maximum atomic E-state index is 5.37. The molecule has 1 aromatic rings. The second kappa shape index (κ2) is 5.97. The van der Waals surface area contributed by atoms with E-state index in [0.29, 0.717) is 0 Å². The lowest BCUT2D eigenvalue weighted by molar-refractivity contribution is 0.0346. The second-order valence-electron chi connectivity index (χ2n) is 4.73. The van der Waals surface area contributed by atoms with Crippen LogP contribution in [-0.2, 0) is 11.3 Å². The number of ether oxygens (including phenoxy) is 1. The highest BCUT2D eigenvalue weighted by molar-refractivity contribution is 7.15. The summed E-state index contributed by atoms with van der Waals surface area (Å²) >= 11 is 1.84. The van der Waals surface area contributed by atoms with Crippen LogP contribution in [0, 0.1) is 0 Å². The van der Waals surface area contributed by atoms with Crippen molar-refractivity contribution >= 4 is 16.5 Å². The molecule has 2 aliphatic rings. The van der Waals surface area contributed by atoms with Crippen molar-refractivity contribution in [1.82, 2.24) is 15.2 Å². The molecule has 0 atom stereocenters. The number of hydrogen-bond donors (Lipinski definition) is 1. The highest BCUT2D eigenvalue weighted by Crippen LogP contribution is 2.24. The summed E-state index contributed by atoms with van der Waals surface area (Å²) in [6, 6.07) is 0. The van der Waals surface area contributed by atoms with Gasteiger partial charge >= 0.3 is 0 Å². The van der Waals surface area contributed by atoms with E-state index >= 15 is 0 Å². The van der Waals surface area contributed by atoms with Crippen LogP contribution in [0.25, 0.3) is 0 Å².